The first kappa shape index (κ1) is 13.6. The van der Waals surface area contributed by atoms with Crippen molar-refractivity contribution in [3.63, 3.8) is 0 Å². The predicted molar refractivity (Wildman–Crippen MR) is 62.2 cm³/mol. The number of ketones is 1. The Bertz CT molecular complexity index is 419. The van der Waals surface area contributed by atoms with Crippen LogP contribution in [0.25, 0.3) is 0 Å². The Morgan fingerprint density at radius 2 is 1.94 bits per heavy atom. The molecule has 1 aromatic rings. The standard InChI is InChI=1S/C11H13ClO5/c1-15-6-4-7(13)9(8(5-6)16-2)10(14)11(12)17-3/h4-5,11,13H,1-3H3. The number of methoxy groups -OCH3 is 3. The van der Waals surface area contributed by atoms with Gasteiger partial charge in [-0.2, -0.15) is 0 Å². The molecule has 1 atom stereocenters. The highest BCUT2D eigenvalue weighted by atomic mass is 35.5. The topological polar surface area (TPSA) is 65.0 Å². The number of Topliss-reactive ketones (excluding diaryl/α,β-unsaturated/α-hetero) is 1. The molecule has 0 heterocycles. The zero-order valence-corrected chi connectivity index (χ0v) is 10.4. The summed E-state index contributed by atoms with van der Waals surface area (Å²) in [5.41, 5.74) is -1.21. The highest BCUT2D eigenvalue weighted by Gasteiger charge is 2.25. The Morgan fingerprint density at radius 1 is 1.29 bits per heavy atom. The van der Waals surface area contributed by atoms with Gasteiger partial charge in [0, 0.05) is 19.2 Å². The van der Waals surface area contributed by atoms with Crippen molar-refractivity contribution in [1.82, 2.24) is 0 Å². The second-order valence-corrected chi connectivity index (χ2v) is 3.54. The summed E-state index contributed by atoms with van der Waals surface area (Å²) in [5, 5.41) is 9.75. The van der Waals surface area contributed by atoms with Crippen molar-refractivity contribution < 1.29 is 24.1 Å². The number of phenolic OH excluding ortho intramolecular Hbond substituents is 1. The number of rotatable bonds is 5. The van der Waals surface area contributed by atoms with Crippen LogP contribution in [0, 0.1) is 0 Å². The van der Waals surface area contributed by atoms with Crippen LogP contribution in [0.5, 0.6) is 17.2 Å². The van der Waals surface area contributed by atoms with Crippen LogP contribution in [0.15, 0.2) is 12.1 Å². The van der Waals surface area contributed by atoms with Gasteiger partial charge in [0.2, 0.25) is 5.78 Å². The van der Waals surface area contributed by atoms with Crippen LogP contribution in [0.1, 0.15) is 10.4 Å². The minimum Gasteiger partial charge on any atom is -0.507 e. The summed E-state index contributed by atoms with van der Waals surface area (Å²) < 4.78 is 14.6. The van der Waals surface area contributed by atoms with Crippen LogP contribution in [0.2, 0.25) is 0 Å². The van der Waals surface area contributed by atoms with Gasteiger partial charge in [-0.05, 0) is 0 Å². The summed E-state index contributed by atoms with van der Waals surface area (Å²) in [6.45, 7) is 0. The first-order chi connectivity index (χ1) is 8.04. The maximum absolute atomic E-state index is 11.8. The van der Waals surface area contributed by atoms with E-state index in [2.05, 4.69) is 0 Å². The molecule has 0 radical (unpaired) electrons. The van der Waals surface area contributed by atoms with Gasteiger partial charge in [0.05, 0.1) is 14.2 Å². The molecule has 0 aliphatic carbocycles. The van der Waals surface area contributed by atoms with Crippen LogP contribution < -0.4 is 9.47 Å². The predicted octanol–water partition coefficient (Wildman–Crippen LogP) is 1.80. The molecule has 94 valence electrons. The summed E-state index contributed by atoms with van der Waals surface area (Å²) in [5.74, 6) is -0.297. The van der Waals surface area contributed by atoms with E-state index in [0.717, 1.165) is 0 Å². The lowest BCUT2D eigenvalue weighted by Gasteiger charge is -2.13. The SMILES string of the molecule is COc1cc(O)c(C(=O)C(Cl)OC)c(OC)c1. The molecule has 6 heteroatoms. The van der Waals surface area contributed by atoms with E-state index in [1.807, 2.05) is 0 Å². The maximum Gasteiger partial charge on any atom is 0.214 e. The molecule has 0 aliphatic rings. The normalized spacial score (nSPS) is 12.0. The van der Waals surface area contributed by atoms with Gasteiger partial charge in [0.1, 0.15) is 22.8 Å². The molecule has 1 rings (SSSR count). The molecule has 0 saturated heterocycles. The number of phenols is 1. The van der Waals surface area contributed by atoms with Gasteiger partial charge in [0.15, 0.2) is 5.56 Å². The van der Waals surface area contributed by atoms with Crippen LogP contribution >= 0.6 is 11.6 Å². The fraction of sp³-hybridized carbons (Fsp3) is 0.364. The lowest BCUT2D eigenvalue weighted by Crippen LogP contribution is -2.17. The number of carbonyl (C=O) groups is 1. The van der Waals surface area contributed by atoms with Gasteiger partial charge in [-0.1, -0.05) is 11.6 Å². The van der Waals surface area contributed by atoms with E-state index in [1.165, 1.54) is 33.5 Å². The zero-order valence-electron chi connectivity index (χ0n) is 9.69. The van der Waals surface area contributed by atoms with Crippen molar-refractivity contribution in [3.05, 3.63) is 17.7 Å². The van der Waals surface area contributed by atoms with Gasteiger partial charge in [-0.25, -0.2) is 0 Å². The Balaban J connectivity index is 3.27. The van der Waals surface area contributed by atoms with E-state index >= 15 is 0 Å². The van der Waals surface area contributed by atoms with Crippen molar-refractivity contribution in [1.29, 1.82) is 0 Å². The van der Waals surface area contributed by atoms with E-state index in [1.54, 1.807) is 0 Å². The average molecular weight is 261 g/mol. The van der Waals surface area contributed by atoms with Crippen molar-refractivity contribution in [2.75, 3.05) is 21.3 Å². The quantitative estimate of drug-likeness (QED) is 0.646. The lowest BCUT2D eigenvalue weighted by molar-refractivity contribution is 0.0775. The van der Waals surface area contributed by atoms with Gasteiger partial charge in [-0.15, -0.1) is 0 Å². The molecule has 0 spiro atoms. The fourth-order valence-corrected chi connectivity index (χ4v) is 1.43. The third-order valence-corrected chi connectivity index (χ3v) is 2.55. The molecule has 1 unspecified atom stereocenters. The molecule has 0 amide bonds. The molecule has 5 nitrogen and oxygen atoms in total. The molecule has 17 heavy (non-hydrogen) atoms. The first-order valence-electron chi connectivity index (χ1n) is 4.71. The van der Waals surface area contributed by atoms with E-state index in [4.69, 9.17) is 25.8 Å². The second kappa shape index (κ2) is 5.75. The number of halogens is 1. The molecular weight excluding hydrogens is 248 g/mol. The molecule has 0 aromatic heterocycles. The molecule has 1 N–H and O–H groups in total. The highest BCUT2D eigenvalue weighted by molar-refractivity contribution is 6.33. The van der Waals surface area contributed by atoms with Gasteiger partial charge in [-0.3, -0.25) is 4.79 Å². The largest absolute Gasteiger partial charge is 0.507 e. The number of alkyl halides is 1. The monoisotopic (exact) mass is 260 g/mol. The minimum absolute atomic E-state index is 0.0323. The van der Waals surface area contributed by atoms with Gasteiger partial charge >= 0.3 is 0 Å². The summed E-state index contributed by atoms with van der Waals surface area (Å²) in [6, 6.07) is 2.78. The van der Waals surface area contributed by atoms with E-state index in [9.17, 15) is 9.90 Å². The summed E-state index contributed by atoms with van der Waals surface area (Å²) >= 11 is 5.66. The number of aromatic hydroxyl groups is 1. The van der Waals surface area contributed by atoms with Crippen LogP contribution in [-0.2, 0) is 4.74 Å². The van der Waals surface area contributed by atoms with Crippen LogP contribution in [-0.4, -0.2) is 37.8 Å². The highest BCUT2D eigenvalue weighted by Crippen LogP contribution is 2.34. The van der Waals surface area contributed by atoms with E-state index in [-0.39, 0.29) is 17.1 Å². The summed E-state index contributed by atoms with van der Waals surface area (Å²) in [7, 11) is 4.11. The van der Waals surface area contributed by atoms with Crippen LogP contribution in [0.3, 0.4) is 0 Å². The summed E-state index contributed by atoms with van der Waals surface area (Å²) in [4.78, 5) is 11.8. The number of carbonyl (C=O) groups excluding carboxylic acids is 1. The zero-order chi connectivity index (χ0) is 13.0. The summed E-state index contributed by atoms with van der Waals surface area (Å²) in [6.07, 6.45) is 0. The van der Waals surface area contributed by atoms with Crippen LogP contribution in [0.4, 0.5) is 0 Å². The first-order valence-corrected chi connectivity index (χ1v) is 5.14. The van der Waals surface area contributed by atoms with E-state index in [0.29, 0.717) is 5.75 Å². The lowest BCUT2D eigenvalue weighted by atomic mass is 10.1. The van der Waals surface area contributed by atoms with Crippen molar-refractivity contribution in [2.45, 2.75) is 5.56 Å². The Morgan fingerprint density at radius 3 is 2.41 bits per heavy atom. The maximum atomic E-state index is 11.8. The fourth-order valence-electron chi connectivity index (χ4n) is 1.32. The van der Waals surface area contributed by atoms with E-state index < -0.39 is 11.3 Å². The molecule has 0 bridgehead atoms. The second-order valence-electron chi connectivity index (χ2n) is 3.14. The minimum atomic E-state index is -1.18. The number of hydrogen-bond donors (Lipinski definition) is 1. The van der Waals surface area contributed by atoms with Crippen molar-refractivity contribution >= 4 is 17.4 Å². The number of hydrogen-bond acceptors (Lipinski definition) is 5. The van der Waals surface area contributed by atoms with Crippen molar-refractivity contribution in [2.24, 2.45) is 0 Å². The van der Waals surface area contributed by atoms with Gasteiger partial charge < -0.3 is 19.3 Å². The third-order valence-electron chi connectivity index (χ3n) is 2.17. The molecule has 0 fully saturated rings. The Labute approximate surface area is 104 Å². The molecular formula is C11H13ClO5. The number of ether oxygens (including phenoxy) is 3. The Hall–Kier alpha value is -1.46. The van der Waals surface area contributed by atoms with Gasteiger partial charge in [0.25, 0.3) is 0 Å². The van der Waals surface area contributed by atoms with Crippen molar-refractivity contribution in [3.8, 4) is 17.2 Å². The Kier molecular flexibility index (Phi) is 4.60. The number of benzene rings is 1. The molecule has 0 aliphatic heterocycles. The third kappa shape index (κ3) is 2.81. The molecule has 1 aromatic carbocycles. The average Bonchev–Trinajstić information content (AvgIpc) is 2.35. The molecule has 0 saturated carbocycles. The smallest absolute Gasteiger partial charge is 0.214 e.